The zero-order chi connectivity index (χ0) is 13.9. The number of benzene rings is 1. The second-order valence-corrected chi connectivity index (χ2v) is 5.54. The van der Waals surface area contributed by atoms with E-state index in [-0.39, 0.29) is 11.8 Å². The summed E-state index contributed by atoms with van der Waals surface area (Å²) >= 11 is 5.21. The molecule has 0 radical (unpaired) electrons. The number of anilines is 1. The van der Waals surface area contributed by atoms with Crippen molar-refractivity contribution < 1.29 is 4.79 Å². The van der Waals surface area contributed by atoms with E-state index in [4.69, 9.17) is 12.2 Å². The van der Waals surface area contributed by atoms with Crippen LogP contribution in [0.5, 0.6) is 0 Å². The molecule has 5 heteroatoms. The third-order valence-corrected chi connectivity index (χ3v) is 4.08. The molecule has 1 saturated carbocycles. The average molecular weight is 287 g/mol. The standard InChI is InChI=1S/C15H17N3OS/c19-14(11-4-1-2-5-11)17-12-6-3-7-13(10-12)18-9-8-16-15(18)20/h3,6-11H,1-2,4-5H2,(H,16,20)(H,17,19). The number of carbonyl (C=O) groups excluding carboxylic acids is 1. The van der Waals surface area contributed by atoms with Crippen molar-refractivity contribution in [3.05, 3.63) is 41.4 Å². The van der Waals surface area contributed by atoms with Crippen molar-refractivity contribution in [3.63, 3.8) is 0 Å². The van der Waals surface area contributed by atoms with Gasteiger partial charge in [0.1, 0.15) is 0 Å². The maximum Gasteiger partial charge on any atom is 0.227 e. The number of imidazole rings is 1. The maximum atomic E-state index is 12.1. The molecular weight excluding hydrogens is 270 g/mol. The summed E-state index contributed by atoms with van der Waals surface area (Å²) in [6.45, 7) is 0. The Morgan fingerprint density at radius 2 is 2.15 bits per heavy atom. The van der Waals surface area contributed by atoms with Crippen LogP contribution in [0.1, 0.15) is 25.7 Å². The maximum absolute atomic E-state index is 12.1. The first-order valence-electron chi connectivity index (χ1n) is 6.91. The summed E-state index contributed by atoms with van der Waals surface area (Å²) in [5, 5.41) is 3.01. The SMILES string of the molecule is O=C(Nc1cccc(-n2cc[nH]c2=S)c1)C1CCCC1. The predicted molar refractivity (Wildman–Crippen MR) is 81.5 cm³/mol. The molecule has 0 atom stereocenters. The van der Waals surface area contributed by atoms with E-state index in [2.05, 4.69) is 10.3 Å². The summed E-state index contributed by atoms with van der Waals surface area (Å²) in [5.41, 5.74) is 1.77. The van der Waals surface area contributed by atoms with Gasteiger partial charge in [0.15, 0.2) is 4.77 Å². The second-order valence-electron chi connectivity index (χ2n) is 5.16. The lowest BCUT2D eigenvalue weighted by Gasteiger charge is -2.11. The molecule has 1 aliphatic rings. The van der Waals surface area contributed by atoms with Crippen molar-refractivity contribution in [1.29, 1.82) is 0 Å². The van der Waals surface area contributed by atoms with Crippen molar-refractivity contribution in [1.82, 2.24) is 9.55 Å². The van der Waals surface area contributed by atoms with E-state index in [0.29, 0.717) is 4.77 Å². The molecule has 0 saturated heterocycles. The Balaban J connectivity index is 1.79. The lowest BCUT2D eigenvalue weighted by molar-refractivity contribution is -0.119. The zero-order valence-electron chi connectivity index (χ0n) is 11.1. The topological polar surface area (TPSA) is 49.8 Å². The summed E-state index contributed by atoms with van der Waals surface area (Å²) in [5.74, 6) is 0.311. The molecule has 1 aromatic carbocycles. The first-order chi connectivity index (χ1) is 9.74. The molecule has 0 bridgehead atoms. The summed E-state index contributed by atoms with van der Waals surface area (Å²) < 4.78 is 2.52. The highest BCUT2D eigenvalue weighted by molar-refractivity contribution is 7.71. The Kier molecular flexibility index (Phi) is 3.69. The van der Waals surface area contributed by atoms with Gasteiger partial charge in [0, 0.05) is 29.7 Å². The Hall–Kier alpha value is -1.88. The molecule has 1 heterocycles. The van der Waals surface area contributed by atoms with Crippen LogP contribution in [0.2, 0.25) is 0 Å². The highest BCUT2D eigenvalue weighted by atomic mass is 32.1. The van der Waals surface area contributed by atoms with Gasteiger partial charge >= 0.3 is 0 Å². The summed E-state index contributed by atoms with van der Waals surface area (Å²) in [4.78, 5) is 15.1. The molecule has 0 unspecified atom stereocenters. The minimum atomic E-state index is 0.136. The van der Waals surface area contributed by atoms with E-state index in [1.54, 1.807) is 6.20 Å². The molecule has 1 amide bonds. The van der Waals surface area contributed by atoms with Gasteiger partial charge in [-0.05, 0) is 43.3 Å². The minimum absolute atomic E-state index is 0.136. The van der Waals surface area contributed by atoms with Crippen molar-refractivity contribution in [2.75, 3.05) is 5.32 Å². The van der Waals surface area contributed by atoms with Gasteiger partial charge in [-0.15, -0.1) is 0 Å². The number of amides is 1. The van der Waals surface area contributed by atoms with Gasteiger partial charge in [0.05, 0.1) is 0 Å². The van der Waals surface area contributed by atoms with Crippen LogP contribution in [-0.4, -0.2) is 15.5 Å². The van der Waals surface area contributed by atoms with Crippen LogP contribution < -0.4 is 5.32 Å². The van der Waals surface area contributed by atoms with Gasteiger partial charge in [-0.2, -0.15) is 0 Å². The Labute approximate surface area is 122 Å². The van der Waals surface area contributed by atoms with E-state index in [9.17, 15) is 4.79 Å². The molecule has 4 nitrogen and oxygen atoms in total. The van der Waals surface area contributed by atoms with E-state index < -0.39 is 0 Å². The average Bonchev–Trinajstić information content (AvgIpc) is 3.10. The summed E-state index contributed by atoms with van der Waals surface area (Å²) in [6, 6.07) is 7.74. The normalized spacial score (nSPS) is 15.4. The molecule has 1 aliphatic carbocycles. The van der Waals surface area contributed by atoms with Crippen LogP contribution in [0.25, 0.3) is 5.69 Å². The fourth-order valence-electron chi connectivity index (χ4n) is 2.69. The summed E-state index contributed by atoms with van der Waals surface area (Å²) in [6.07, 6.45) is 8.02. The third kappa shape index (κ3) is 2.67. The van der Waals surface area contributed by atoms with E-state index in [1.165, 1.54) is 0 Å². The molecule has 3 rings (SSSR count). The van der Waals surface area contributed by atoms with Gasteiger partial charge in [-0.1, -0.05) is 18.9 Å². The van der Waals surface area contributed by atoms with Crippen LogP contribution in [0.15, 0.2) is 36.7 Å². The number of aromatic amines is 1. The zero-order valence-corrected chi connectivity index (χ0v) is 12.0. The molecule has 0 aliphatic heterocycles. The molecular formula is C15H17N3OS. The second kappa shape index (κ2) is 5.63. The number of nitrogens with one attached hydrogen (secondary N) is 2. The highest BCUT2D eigenvalue weighted by Gasteiger charge is 2.22. The van der Waals surface area contributed by atoms with Crippen LogP contribution >= 0.6 is 12.2 Å². The van der Waals surface area contributed by atoms with E-state index in [0.717, 1.165) is 37.1 Å². The molecule has 104 valence electrons. The predicted octanol–water partition coefficient (Wildman–Crippen LogP) is 3.66. The van der Waals surface area contributed by atoms with Crippen molar-refractivity contribution in [2.24, 2.45) is 5.92 Å². The Morgan fingerprint density at radius 3 is 2.85 bits per heavy atom. The molecule has 2 aromatic rings. The monoisotopic (exact) mass is 287 g/mol. The van der Waals surface area contributed by atoms with Crippen molar-refractivity contribution in [3.8, 4) is 5.69 Å². The van der Waals surface area contributed by atoms with Gasteiger partial charge in [-0.25, -0.2) is 0 Å². The smallest absolute Gasteiger partial charge is 0.227 e. The highest BCUT2D eigenvalue weighted by Crippen LogP contribution is 2.26. The number of nitrogens with zero attached hydrogens (tertiary/aromatic N) is 1. The first kappa shape index (κ1) is 13.1. The molecule has 1 fully saturated rings. The quantitative estimate of drug-likeness (QED) is 0.846. The van der Waals surface area contributed by atoms with Crippen LogP contribution in [0, 0.1) is 10.7 Å². The van der Waals surface area contributed by atoms with Crippen LogP contribution in [0.4, 0.5) is 5.69 Å². The number of H-pyrrole nitrogens is 1. The van der Waals surface area contributed by atoms with Gasteiger partial charge in [0.2, 0.25) is 5.91 Å². The fourth-order valence-corrected chi connectivity index (χ4v) is 2.92. The minimum Gasteiger partial charge on any atom is -0.337 e. The lowest BCUT2D eigenvalue weighted by atomic mass is 10.1. The number of hydrogen-bond donors (Lipinski definition) is 2. The molecule has 1 aromatic heterocycles. The first-order valence-corrected chi connectivity index (χ1v) is 7.32. The van der Waals surface area contributed by atoms with Crippen molar-refractivity contribution in [2.45, 2.75) is 25.7 Å². The number of hydrogen-bond acceptors (Lipinski definition) is 2. The lowest BCUT2D eigenvalue weighted by Crippen LogP contribution is -2.20. The number of carbonyl (C=O) groups is 1. The van der Waals surface area contributed by atoms with Crippen molar-refractivity contribution >= 4 is 23.8 Å². The van der Waals surface area contributed by atoms with E-state index >= 15 is 0 Å². The number of aromatic nitrogens is 2. The molecule has 0 spiro atoms. The van der Waals surface area contributed by atoms with Crippen LogP contribution in [-0.2, 0) is 4.79 Å². The van der Waals surface area contributed by atoms with E-state index in [1.807, 2.05) is 35.0 Å². The Bertz CT molecular complexity index is 668. The van der Waals surface area contributed by atoms with Crippen LogP contribution in [0.3, 0.4) is 0 Å². The van der Waals surface area contributed by atoms with Gasteiger partial charge < -0.3 is 10.3 Å². The summed E-state index contributed by atoms with van der Waals surface area (Å²) in [7, 11) is 0. The largest absolute Gasteiger partial charge is 0.337 e. The third-order valence-electron chi connectivity index (χ3n) is 3.77. The van der Waals surface area contributed by atoms with Gasteiger partial charge in [-0.3, -0.25) is 9.36 Å². The molecule has 2 N–H and O–H groups in total. The fraction of sp³-hybridized carbons (Fsp3) is 0.333. The molecule has 20 heavy (non-hydrogen) atoms. The Morgan fingerprint density at radius 1 is 1.35 bits per heavy atom. The number of rotatable bonds is 3. The van der Waals surface area contributed by atoms with Gasteiger partial charge in [0.25, 0.3) is 0 Å².